The summed E-state index contributed by atoms with van der Waals surface area (Å²) < 4.78 is 9.93. The number of nitrogens with zero attached hydrogens (tertiary/aromatic N) is 1. The topological polar surface area (TPSA) is 80.7 Å². The SMILES string of the molecule is COc1ccc(C(=O)NCc2ccc(OC)nc2)c(O)c1. The summed E-state index contributed by atoms with van der Waals surface area (Å²) in [7, 11) is 3.03. The maximum Gasteiger partial charge on any atom is 0.255 e. The van der Waals surface area contributed by atoms with Gasteiger partial charge in [-0.05, 0) is 17.7 Å². The molecule has 0 aliphatic carbocycles. The summed E-state index contributed by atoms with van der Waals surface area (Å²) in [5.41, 5.74) is 1.02. The molecule has 0 fully saturated rings. The monoisotopic (exact) mass is 288 g/mol. The Bertz CT molecular complexity index is 626. The van der Waals surface area contributed by atoms with Crippen molar-refractivity contribution in [2.45, 2.75) is 6.54 Å². The molecule has 6 heteroatoms. The van der Waals surface area contributed by atoms with E-state index in [1.54, 1.807) is 24.4 Å². The van der Waals surface area contributed by atoms with Crippen LogP contribution in [0.15, 0.2) is 36.5 Å². The Kier molecular flexibility index (Phi) is 4.61. The number of ether oxygens (including phenoxy) is 2. The largest absolute Gasteiger partial charge is 0.507 e. The number of aromatic nitrogens is 1. The second-order valence-electron chi connectivity index (χ2n) is 4.27. The zero-order valence-electron chi connectivity index (χ0n) is 11.8. The molecule has 2 N–H and O–H groups in total. The van der Waals surface area contributed by atoms with Crippen LogP contribution in [0.1, 0.15) is 15.9 Å². The molecule has 0 aliphatic heterocycles. The predicted octanol–water partition coefficient (Wildman–Crippen LogP) is 1.73. The number of aromatic hydroxyl groups is 1. The quantitative estimate of drug-likeness (QED) is 0.876. The lowest BCUT2D eigenvalue weighted by Crippen LogP contribution is -2.22. The van der Waals surface area contributed by atoms with Gasteiger partial charge in [-0.2, -0.15) is 0 Å². The van der Waals surface area contributed by atoms with Crippen molar-refractivity contribution in [1.82, 2.24) is 10.3 Å². The molecule has 1 heterocycles. The first-order valence-corrected chi connectivity index (χ1v) is 6.28. The average Bonchev–Trinajstić information content (AvgIpc) is 2.52. The number of hydrogen-bond acceptors (Lipinski definition) is 5. The van der Waals surface area contributed by atoms with Crippen LogP contribution in [0.4, 0.5) is 0 Å². The fourth-order valence-corrected chi connectivity index (χ4v) is 1.74. The first-order chi connectivity index (χ1) is 10.1. The van der Waals surface area contributed by atoms with E-state index in [1.165, 1.54) is 26.4 Å². The number of carbonyl (C=O) groups is 1. The number of phenolic OH excluding ortho intramolecular Hbond substituents is 1. The van der Waals surface area contributed by atoms with Crippen LogP contribution in [0.2, 0.25) is 0 Å². The van der Waals surface area contributed by atoms with Gasteiger partial charge in [-0.1, -0.05) is 6.07 Å². The van der Waals surface area contributed by atoms with Crippen molar-refractivity contribution in [3.8, 4) is 17.4 Å². The molecule has 110 valence electrons. The molecular weight excluding hydrogens is 272 g/mol. The number of carbonyl (C=O) groups excluding carboxylic acids is 1. The minimum atomic E-state index is -0.369. The van der Waals surface area contributed by atoms with Crippen LogP contribution in [0.3, 0.4) is 0 Å². The molecule has 0 atom stereocenters. The van der Waals surface area contributed by atoms with Crippen molar-refractivity contribution in [3.63, 3.8) is 0 Å². The Morgan fingerprint density at radius 1 is 1.24 bits per heavy atom. The summed E-state index contributed by atoms with van der Waals surface area (Å²) in [6.07, 6.45) is 1.62. The third-order valence-electron chi connectivity index (χ3n) is 2.91. The van der Waals surface area contributed by atoms with E-state index in [0.29, 0.717) is 18.2 Å². The molecule has 21 heavy (non-hydrogen) atoms. The molecule has 0 spiro atoms. The van der Waals surface area contributed by atoms with E-state index in [9.17, 15) is 9.90 Å². The number of benzene rings is 1. The number of hydrogen-bond donors (Lipinski definition) is 2. The first-order valence-electron chi connectivity index (χ1n) is 6.28. The number of pyridine rings is 1. The van der Waals surface area contributed by atoms with Crippen LogP contribution in [0.25, 0.3) is 0 Å². The van der Waals surface area contributed by atoms with Gasteiger partial charge in [-0.15, -0.1) is 0 Å². The summed E-state index contributed by atoms with van der Waals surface area (Å²) in [6, 6.07) is 8.04. The summed E-state index contributed by atoms with van der Waals surface area (Å²) in [5, 5.41) is 12.5. The minimum absolute atomic E-state index is 0.125. The number of nitrogens with one attached hydrogen (secondary N) is 1. The molecule has 0 radical (unpaired) electrons. The highest BCUT2D eigenvalue weighted by molar-refractivity contribution is 5.96. The third kappa shape index (κ3) is 3.62. The van der Waals surface area contributed by atoms with Crippen LogP contribution < -0.4 is 14.8 Å². The van der Waals surface area contributed by atoms with E-state index in [2.05, 4.69) is 10.3 Å². The van der Waals surface area contributed by atoms with Gasteiger partial charge in [-0.3, -0.25) is 4.79 Å². The first kappa shape index (κ1) is 14.6. The van der Waals surface area contributed by atoms with Gasteiger partial charge in [0.25, 0.3) is 5.91 Å². The maximum atomic E-state index is 12.0. The van der Waals surface area contributed by atoms with Gasteiger partial charge >= 0.3 is 0 Å². The number of methoxy groups -OCH3 is 2. The molecule has 1 aromatic carbocycles. The Labute approximate surface area is 122 Å². The molecule has 2 aromatic rings. The van der Waals surface area contributed by atoms with Crippen molar-refractivity contribution >= 4 is 5.91 Å². The number of rotatable bonds is 5. The Morgan fingerprint density at radius 2 is 2.05 bits per heavy atom. The maximum absolute atomic E-state index is 12.0. The van der Waals surface area contributed by atoms with Gasteiger partial charge in [0.2, 0.25) is 5.88 Å². The van der Waals surface area contributed by atoms with Crippen molar-refractivity contribution < 1.29 is 19.4 Å². The lowest BCUT2D eigenvalue weighted by Gasteiger charge is -2.08. The Morgan fingerprint density at radius 3 is 2.62 bits per heavy atom. The molecule has 6 nitrogen and oxygen atoms in total. The van der Waals surface area contributed by atoms with Crippen molar-refractivity contribution in [3.05, 3.63) is 47.7 Å². The van der Waals surface area contributed by atoms with Crippen molar-refractivity contribution in [1.29, 1.82) is 0 Å². The Hall–Kier alpha value is -2.76. The predicted molar refractivity (Wildman–Crippen MR) is 76.6 cm³/mol. The summed E-state index contributed by atoms with van der Waals surface area (Å²) in [5.74, 6) is 0.506. The highest BCUT2D eigenvalue weighted by Crippen LogP contribution is 2.23. The summed E-state index contributed by atoms with van der Waals surface area (Å²) in [6.45, 7) is 0.307. The van der Waals surface area contributed by atoms with Crippen LogP contribution in [0, 0.1) is 0 Å². The van der Waals surface area contributed by atoms with E-state index < -0.39 is 0 Å². The van der Waals surface area contributed by atoms with Crippen LogP contribution in [-0.4, -0.2) is 30.2 Å². The van der Waals surface area contributed by atoms with Gasteiger partial charge in [0.15, 0.2) is 0 Å². The van der Waals surface area contributed by atoms with Gasteiger partial charge in [0.05, 0.1) is 19.8 Å². The molecule has 0 bridgehead atoms. The molecule has 0 saturated carbocycles. The highest BCUT2D eigenvalue weighted by Gasteiger charge is 2.11. The van der Waals surface area contributed by atoms with E-state index in [-0.39, 0.29) is 17.2 Å². The van der Waals surface area contributed by atoms with Crippen molar-refractivity contribution in [2.24, 2.45) is 0 Å². The Balaban J connectivity index is 2.00. The molecule has 2 rings (SSSR count). The fourth-order valence-electron chi connectivity index (χ4n) is 1.74. The molecule has 1 aromatic heterocycles. The minimum Gasteiger partial charge on any atom is -0.507 e. The van der Waals surface area contributed by atoms with E-state index in [0.717, 1.165) is 5.56 Å². The number of phenols is 1. The molecule has 1 amide bonds. The zero-order chi connectivity index (χ0) is 15.2. The second kappa shape index (κ2) is 6.60. The summed E-state index contributed by atoms with van der Waals surface area (Å²) >= 11 is 0. The van der Waals surface area contributed by atoms with Gasteiger partial charge < -0.3 is 19.9 Å². The van der Waals surface area contributed by atoms with Crippen molar-refractivity contribution in [2.75, 3.05) is 14.2 Å². The van der Waals surface area contributed by atoms with E-state index >= 15 is 0 Å². The molecule has 0 unspecified atom stereocenters. The second-order valence-corrected chi connectivity index (χ2v) is 4.27. The smallest absolute Gasteiger partial charge is 0.255 e. The van der Waals surface area contributed by atoms with E-state index in [1.807, 2.05) is 0 Å². The zero-order valence-corrected chi connectivity index (χ0v) is 11.8. The molecular formula is C15H16N2O4. The molecule has 0 saturated heterocycles. The average molecular weight is 288 g/mol. The van der Waals surface area contributed by atoms with E-state index in [4.69, 9.17) is 9.47 Å². The van der Waals surface area contributed by atoms with Gasteiger partial charge in [0, 0.05) is 24.9 Å². The van der Waals surface area contributed by atoms with Gasteiger partial charge in [0.1, 0.15) is 11.5 Å². The lowest BCUT2D eigenvalue weighted by molar-refractivity contribution is 0.0948. The molecule has 0 aliphatic rings. The number of amides is 1. The highest BCUT2D eigenvalue weighted by atomic mass is 16.5. The lowest BCUT2D eigenvalue weighted by atomic mass is 10.1. The summed E-state index contributed by atoms with van der Waals surface area (Å²) in [4.78, 5) is 16.1. The third-order valence-corrected chi connectivity index (χ3v) is 2.91. The normalized spacial score (nSPS) is 10.0. The van der Waals surface area contributed by atoms with Crippen LogP contribution in [0.5, 0.6) is 17.4 Å². The standard InChI is InChI=1S/C15H16N2O4/c1-20-11-4-5-12(13(18)7-11)15(19)17-9-10-3-6-14(21-2)16-8-10/h3-8,18H,9H2,1-2H3,(H,17,19). The van der Waals surface area contributed by atoms with Crippen LogP contribution >= 0.6 is 0 Å². The van der Waals surface area contributed by atoms with Crippen LogP contribution in [-0.2, 0) is 6.54 Å². The van der Waals surface area contributed by atoms with Gasteiger partial charge in [-0.25, -0.2) is 4.98 Å². The fraction of sp³-hybridized carbons (Fsp3) is 0.200.